The summed E-state index contributed by atoms with van der Waals surface area (Å²) in [6.45, 7) is 6.86. The maximum atomic E-state index is 11.1. The molecule has 4 aliphatic rings. The monoisotopic (exact) mass is 347 g/mol. The van der Waals surface area contributed by atoms with Crippen LogP contribution in [0.25, 0.3) is 0 Å². The van der Waals surface area contributed by atoms with Crippen LogP contribution in [0.2, 0.25) is 0 Å². The average molecular weight is 348 g/mol. The number of aldehydes is 1. The largest absolute Gasteiger partial charge is 0.311 e. The summed E-state index contributed by atoms with van der Waals surface area (Å²) in [7, 11) is 0. The summed E-state index contributed by atoms with van der Waals surface area (Å²) >= 11 is 2.07. The Kier molecular flexibility index (Phi) is 5.13. The third-order valence-corrected chi connectivity index (χ3v) is 6.98. The molecule has 24 heavy (non-hydrogen) atoms. The van der Waals surface area contributed by atoms with Crippen molar-refractivity contribution < 1.29 is 4.79 Å². The smallest absolute Gasteiger partial charge is 0.149 e. The molecule has 1 N–H and O–H groups in total. The summed E-state index contributed by atoms with van der Waals surface area (Å²) < 4.78 is 0. The third kappa shape index (κ3) is 3.64. The first kappa shape index (κ1) is 16.8. The molecule has 3 fully saturated rings. The van der Waals surface area contributed by atoms with Crippen LogP contribution in [0.4, 0.5) is 0 Å². The van der Waals surface area contributed by atoms with Gasteiger partial charge in [-0.05, 0) is 25.2 Å². The molecule has 4 rings (SSSR count). The fourth-order valence-electron chi connectivity index (χ4n) is 4.36. The van der Waals surface area contributed by atoms with E-state index in [4.69, 9.17) is 0 Å². The number of piperazine rings is 1. The average Bonchev–Trinajstić information content (AvgIpc) is 3.49. The number of rotatable bonds is 5. The van der Waals surface area contributed by atoms with Gasteiger partial charge in [0.2, 0.25) is 0 Å². The maximum absolute atomic E-state index is 11.1. The summed E-state index contributed by atoms with van der Waals surface area (Å²) in [5.74, 6) is 3.40. The zero-order valence-corrected chi connectivity index (χ0v) is 15.3. The molecular formula is C19H29N3OS. The van der Waals surface area contributed by atoms with E-state index >= 15 is 0 Å². The molecule has 0 bridgehead atoms. The van der Waals surface area contributed by atoms with Gasteiger partial charge < -0.3 is 5.32 Å². The van der Waals surface area contributed by atoms with Crippen LogP contribution in [-0.4, -0.2) is 78.4 Å². The highest BCUT2D eigenvalue weighted by molar-refractivity contribution is 7.99. The van der Waals surface area contributed by atoms with E-state index in [1.165, 1.54) is 37.4 Å². The molecule has 4 nitrogen and oxygen atoms in total. The van der Waals surface area contributed by atoms with Gasteiger partial charge in [-0.15, -0.1) is 0 Å². The Labute approximate surface area is 149 Å². The van der Waals surface area contributed by atoms with Crippen molar-refractivity contribution in [1.82, 2.24) is 15.1 Å². The van der Waals surface area contributed by atoms with Gasteiger partial charge in [-0.2, -0.15) is 11.8 Å². The molecule has 2 atom stereocenters. The van der Waals surface area contributed by atoms with Crippen molar-refractivity contribution in [3.63, 3.8) is 0 Å². The topological polar surface area (TPSA) is 35.6 Å². The fraction of sp³-hybridized carbons (Fsp3) is 0.737. The molecule has 2 heterocycles. The van der Waals surface area contributed by atoms with Gasteiger partial charge in [-0.25, -0.2) is 0 Å². The second kappa shape index (κ2) is 7.32. The molecule has 0 aromatic rings. The number of thioether (sulfide) groups is 1. The fourth-order valence-corrected chi connectivity index (χ4v) is 5.34. The molecule has 1 saturated carbocycles. The number of carbonyl (C=O) groups excluding carboxylic acids is 1. The zero-order chi connectivity index (χ0) is 16.4. The van der Waals surface area contributed by atoms with E-state index in [0.717, 1.165) is 50.4 Å². The summed E-state index contributed by atoms with van der Waals surface area (Å²) in [5.41, 5.74) is 0.915. The molecule has 0 radical (unpaired) electrons. The van der Waals surface area contributed by atoms with Crippen molar-refractivity contribution in [3.05, 3.63) is 23.8 Å². The minimum atomic E-state index is 0.0732. The number of hydrogen-bond acceptors (Lipinski definition) is 5. The third-order valence-electron chi connectivity index (χ3n) is 6.04. The van der Waals surface area contributed by atoms with Gasteiger partial charge in [-0.1, -0.05) is 18.2 Å². The van der Waals surface area contributed by atoms with Crippen LogP contribution in [0.3, 0.4) is 0 Å². The first-order chi connectivity index (χ1) is 11.8. The van der Waals surface area contributed by atoms with Crippen molar-refractivity contribution in [1.29, 1.82) is 0 Å². The predicted octanol–water partition coefficient (Wildman–Crippen LogP) is 1.54. The number of nitrogens with zero attached hydrogens (tertiary/aromatic N) is 2. The normalized spacial score (nSPS) is 35.7. The van der Waals surface area contributed by atoms with Gasteiger partial charge in [0, 0.05) is 62.4 Å². The summed E-state index contributed by atoms with van der Waals surface area (Å²) in [6, 6.07) is 0.664. The molecule has 2 aliphatic heterocycles. The minimum Gasteiger partial charge on any atom is -0.311 e. The lowest BCUT2D eigenvalue weighted by atomic mass is 9.85. The molecule has 0 aromatic carbocycles. The van der Waals surface area contributed by atoms with Crippen LogP contribution >= 0.6 is 11.8 Å². The van der Waals surface area contributed by atoms with Crippen molar-refractivity contribution in [3.8, 4) is 0 Å². The SMILES string of the molecule is O=CC1=CCC(CN2CCSCC2)(N2CCNC(C3CC3)C2)C=C1. The molecule has 2 aliphatic carbocycles. The lowest BCUT2D eigenvalue weighted by molar-refractivity contribution is -0.104. The van der Waals surface area contributed by atoms with Gasteiger partial charge >= 0.3 is 0 Å². The van der Waals surface area contributed by atoms with Crippen molar-refractivity contribution in [2.45, 2.75) is 30.8 Å². The number of carbonyl (C=O) groups is 1. The first-order valence-corrected chi connectivity index (χ1v) is 10.6. The first-order valence-electron chi connectivity index (χ1n) is 9.42. The van der Waals surface area contributed by atoms with E-state index in [9.17, 15) is 4.79 Å². The molecular weight excluding hydrogens is 318 g/mol. The van der Waals surface area contributed by atoms with Crippen LogP contribution in [0.15, 0.2) is 23.8 Å². The Morgan fingerprint density at radius 1 is 1.29 bits per heavy atom. The predicted molar refractivity (Wildman–Crippen MR) is 100 cm³/mol. The molecule has 2 unspecified atom stereocenters. The van der Waals surface area contributed by atoms with Crippen molar-refractivity contribution in [2.24, 2.45) is 5.92 Å². The van der Waals surface area contributed by atoms with E-state index in [1.54, 1.807) is 0 Å². The van der Waals surface area contributed by atoms with Crippen molar-refractivity contribution >= 4 is 18.0 Å². The summed E-state index contributed by atoms with van der Waals surface area (Å²) in [5, 5.41) is 3.74. The maximum Gasteiger partial charge on any atom is 0.149 e. The molecule has 0 spiro atoms. The highest BCUT2D eigenvalue weighted by Crippen LogP contribution is 2.36. The van der Waals surface area contributed by atoms with Gasteiger partial charge in [0.1, 0.15) is 6.29 Å². The van der Waals surface area contributed by atoms with E-state index < -0.39 is 0 Å². The van der Waals surface area contributed by atoms with Crippen LogP contribution < -0.4 is 5.32 Å². The zero-order valence-electron chi connectivity index (χ0n) is 14.5. The Morgan fingerprint density at radius 2 is 2.12 bits per heavy atom. The lowest BCUT2D eigenvalue weighted by Crippen LogP contribution is -2.63. The van der Waals surface area contributed by atoms with Gasteiger partial charge in [-0.3, -0.25) is 14.6 Å². The standard InChI is InChI=1S/C19H29N3OS/c23-14-16-3-5-19(6-4-16,15-21-9-11-24-12-10-21)22-8-7-20-18(13-22)17-1-2-17/h3-5,14,17-18,20H,1-2,6-13,15H2. The molecule has 132 valence electrons. The van der Waals surface area contributed by atoms with E-state index in [2.05, 4.69) is 45.1 Å². The number of hydrogen-bond donors (Lipinski definition) is 1. The van der Waals surface area contributed by atoms with Gasteiger partial charge in [0.25, 0.3) is 0 Å². The highest BCUT2D eigenvalue weighted by atomic mass is 32.2. The molecule has 0 amide bonds. The van der Waals surface area contributed by atoms with Crippen LogP contribution in [0.5, 0.6) is 0 Å². The van der Waals surface area contributed by atoms with Crippen LogP contribution in [0, 0.1) is 5.92 Å². The van der Waals surface area contributed by atoms with Crippen LogP contribution in [-0.2, 0) is 4.79 Å². The lowest BCUT2D eigenvalue weighted by Gasteiger charge is -2.49. The Hall–Kier alpha value is -0.620. The Morgan fingerprint density at radius 3 is 2.79 bits per heavy atom. The summed E-state index contributed by atoms with van der Waals surface area (Å²) in [6.07, 6.45) is 11.3. The van der Waals surface area contributed by atoms with Crippen LogP contribution in [0.1, 0.15) is 19.3 Å². The minimum absolute atomic E-state index is 0.0732. The molecule has 0 aromatic heterocycles. The second-order valence-corrected chi connectivity index (χ2v) is 8.92. The summed E-state index contributed by atoms with van der Waals surface area (Å²) in [4.78, 5) is 16.5. The quantitative estimate of drug-likeness (QED) is 0.764. The van der Waals surface area contributed by atoms with E-state index in [1.807, 2.05) is 0 Å². The highest BCUT2D eigenvalue weighted by Gasteiger charge is 2.42. The van der Waals surface area contributed by atoms with E-state index in [-0.39, 0.29) is 5.54 Å². The number of nitrogens with one attached hydrogen (secondary N) is 1. The van der Waals surface area contributed by atoms with E-state index in [0.29, 0.717) is 6.04 Å². The van der Waals surface area contributed by atoms with Crippen molar-refractivity contribution in [2.75, 3.05) is 50.8 Å². The Balaban J connectivity index is 1.52. The molecule has 2 saturated heterocycles. The number of allylic oxidation sites excluding steroid dienone is 2. The Bertz CT molecular complexity index is 525. The van der Waals surface area contributed by atoms with Gasteiger partial charge in [0.15, 0.2) is 0 Å². The molecule has 5 heteroatoms. The second-order valence-electron chi connectivity index (χ2n) is 7.70. The van der Waals surface area contributed by atoms with Gasteiger partial charge in [0.05, 0.1) is 5.54 Å².